The Morgan fingerprint density at radius 3 is 2.39 bits per heavy atom. The number of sulfone groups is 1. The summed E-state index contributed by atoms with van der Waals surface area (Å²) in [6.45, 7) is 4.17. The zero-order valence-electron chi connectivity index (χ0n) is 13.4. The van der Waals surface area contributed by atoms with Crippen molar-refractivity contribution >= 4 is 32.2 Å². The molecule has 2 rings (SSSR count). The minimum atomic E-state index is -3.26. The summed E-state index contributed by atoms with van der Waals surface area (Å²) in [6.07, 6.45) is 3.95. The summed E-state index contributed by atoms with van der Waals surface area (Å²) in [5, 5.41) is 3.37. The summed E-state index contributed by atoms with van der Waals surface area (Å²) < 4.78 is 22.9. The van der Waals surface area contributed by atoms with Gasteiger partial charge in [0.05, 0.1) is 10.6 Å². The molecule has 0 saturated carbocycles. The molecule has 1 N–H and O–H groups in total. The Morgan fingerprint density at radius 1 is 1.22 bits per heavy atom. The lowest BCUT2D eigenvalue weighted by Gasteiger charge is -2.03. The zero-order valence-corrected chi connectivity index (χ0v) is 15.1. The number of thiazole rings is 1. The predicted octanol–water partition coefficient (Wildman–Crippen LogP) is 3.31. The first-order valence-corrected chi connectivity index (χ1v) is 10.2. The van der Waals surface area contributed by atoms with Gasteiger partial charge in [0.25, 0.3) is 5.91 Å². The molecule has 1 amide bonds. The Bertz CT molecular complexity index is 793. The van der Waals surface area contributed by atoms with Gasteiger partial charge in [-0.2, -0.15) is 0 Å². The molecule has 0 radical (unpaired) electrons. The van der Waals surface area contributed by atoms with Crippen molar-refractivity contribution in [3.63, 3.8) is 0 Å². The van der Waals surface area contributed by atoms with Crippen molar-refractivity contribution in [1.82, 2.24) is 4.98 Å². The van der Waals surface area contributed by atoms with Gasteiger partial charge in [0, 0.05) is 16.7 Å². The molecular weight excluding hydrogens is 332 g/mol. The van der Waals surface area contributed by atoms with Crippen molar-refractivity contribution in [3.05, 3.63) is 40.4 Å². The van der Waals surface area contributed by atoms with Crippen molar-refractivity contribution < 1.29 is 13.2 Å². The molecule has 1 aromatic carbocycles. The Morgan fingerprint density at radius 2 is 1.87 bits per heavy atom. The molecule has 0 bridgehead atoms. The van der Waals surface area contributed by atoms with Crippen LogP contribution in [-0.4, -0.2) is 25.6 Å². The summed E-state index contributed by atoms with van der Waals surface area (Å²) in [7, 11) is -3.26. The topological polar surface area (TPSA) is 76.1 Å². The fourth-order valence-electron chi connectivity index (χ4n) is 2.17. The fraction of sp³-hybridized carbons (Fsp3) is 0.375. The van der Waals surface area contributed by atoms with E-state index in [0.717, 1.165) is 31.2 Å². The largest absolute Gasteiger partial charge is 0.298 e. The van der Waals surface area contributed by atoms with Crippen molar-refractivity contribution in [2.24, 2.45) is 0 Å². The van der Waals surface area contributed by atoms with Crippen molar-refractivity contribution in [2.75, 3.05) is 11.6 Å². The number of hydrogen-bond acceptors (Lipinski definition) is 5. The first kappa shape index (κ1) is 17.6. The van der Waals surface area contributed by atoms with Crippen LogP contribution in [0.2, 0.25) is 0 Å². The van der Waals surface area contributed by atoms with Crippen LogP contribution in [0, 0.1) is 0 Å². The van der Waals surface area contributed by atoms with E-state index in [0.29, 0.717) is 10.7 Å². The zero-order chi connectivity index (χ0) is 17.0. The van der Waals surface area contributed by atoms with Gasteiger partial charge in [0.15, 0.2) is 15.0 Å². The molecule has 0 unspecified atom stereocenters. The van der Waals surface area contributed by atoms with Gasteiger partial charge >= 0.3 is 0 Å². The molecule has 0 aliphatic rings. The standard InChI is InChI=1S/C16H20N2O3S2/c1-4-6-13-14(5-2)22-16(17-13)18-15(19)11-7-9-12(10-8-11)23(3,20)21/h7-10H,4-6H2,1-3H3,(H,17,18,19). The van der Waals surface area contributed by atoms with E-state index in [1.165, 1.54) is 40.5 Å². The summed E-state index contributed by atoms with van der Waals surface area (Å²) >= 11 is 1.49. The summed E-state index contributed by atoms with van der Waals surface area (Å²) in [6, 6.07) is 5.89. The first-order chi connectivity index (χ1) is 10.8. The number of carbonyl (C=O) groups excluding carboxylic acids is 1. The van der Waals surface area contributed by atoms with Gasteiger partial charge in [-0.25, -0.2) is 13.4 Å². The molecule has 124 valence electrons. The summed E-state index contributed by atoms with van der Waals surface area (Å²) in [5.41, 5.74) is 1.45. The van der Waals surface area contributed by atoms with Crippen LogP contribution in [0.25, 0.3) is 0 Å². The number of aromatic nitrogens is 1. The molecule has 0 spiro atoms. The van der Waals surface area contributed by atoms with Crippen LogP contribution >= 0.6 is 11.3 Å². The van der Waals surface area contributed by atoms with E-state index in [4.69, 9.17) is 0 Å². The highest BCUT2D eigenvalue weighted by molar-refractivity contribution is 7.90. The van der Waals surface area contributed by atoms with E-state index in [1.54, 1.807) is 0 Å². The van der Waals surface area contributed by atoms with Gasteiger partial charge in [-0.15, -0.1) is 11.3 Å². The molecule has 0 fully saturated rings. The second-order valence-electron chi connectivity index (χ2n) is 5.24. The molecule has 0 atom stereocenters. The minimum absolute atomic E-state index is 0.196. The number of benzene rings is 1. The third-order valence-electron chi connectivity index (χ3n) is 3.35. The second-order valence-corrected chi connectivity index (χ2v) is 8.34. The lowest BCUT2D eigenvalue weighted by Crippen LogP contribution is -2.12. The molecule has 1 heterocycles. The highest BCUT2D eigenvalue weighted by Gasteiger charge is 2.14. The average molecular weight is 352 g/mol. The third kappa shape index (κ3) is 4.39. The van der Waals surface area contributed by atoms with Gasteiger partial charge in [0.2, 0.25) is 0 Å². The van der Waals surface area contributed by atoms with Crippen LogP contribution in [0.4, 0.5) is 5.13 Å². The quantitative estimate of drug-likeness (QED) is 0.865. The number of hydrogen-bond donors (Lipinski definition) is 1. The van der Waals surface area contributed by atoms with Crippen LogP contribution in [-0.2, 0) is 22.7 Å². The third-order valence-corrected chi connectivity index (χ3v) is 5.64. The normalized spacial score (nSPS) is 11.4. The average Bonchev–Trinajstić information content (AvgIpc) is 2.88. The molecule has 5 nitrogen and oxygen atoms in total. The number of anilines is 1. The van der Waals surface area contributed by atoms with Gasteiger partial charge in [-0.3, -0.25) is 10.1 Å². The maximum absolute atomic E-state index is 12.2. The van der Waals surface area contributed by atoms with E-state index < -0.39 is 9.84 Å². The summed E-state index contributed by atoms with van der Waals surface area (Å²) in [5.74, 6) is -0.287. The maximum Gasteiger partial charge on any atom is 0.257 e. The van der Waals surface area contributed by atoms with Crippen LogP contribution < -0.4 is 5.32 Å². The Kier molecular flexibility index (Phi) is 5.54. The van der Waals surface area contributed by atoms with Gasteiger partial charge in [0.1, 0.15) is 0 Å². The number of carbonyl (C=O) groups is 1. The first-order valence-electron chi connectivity index (χ1n) is 7.45. The predicted molar refractivity (Wildman–Crippen MR) is 93.0 cm³/mol. The van der Waals surface area contributed by atoms with Crippen LogP contribution in [0.1, 0.15) is 41.2 Å². The molecule has 23 heavy (non-hydrogen) atoms. The fourth-order valence-corrected chi connectivity index (χ4v) is 3.74. The molecule has 1 aromatic heterocycles. The maximum atomic E-state index is 12.2. The lowest BCUT2D eigenvalue weighted by molar-refractivity contribution is 0.102. The molecular formula is C16H20N2O3S2. The van der Waals surface area contributed by atoms with Crippen LogP contribution in [0.15, 0.2) is 29.2 Å². The number of nitrogens with zero attached hydrogens (tertiary/aromatic N) is 1. The monoisotopic (exact) mass is 352 g/mol. The SMILES string of the molecule is CCCc1nc(NC(=O)c2ccc(S(C)(=O)=O)cc2)sc1CC. The highest BCUT2D eigenvalue weighted by atomic mass is 32.2. The number of amides is 1. The van der Waals surface area contributed by atoms with Gasteiger partial charge < -0.3 is 0 Å². The molecule has 0 saturated heterocycles. The van der Waals surface area contributed by atoms with Crippen molar-refractivity contribution in [3.8, 4) is 0 Å². The van der Waals surface area contributed by atoms with E-state index in [1.807, 2.05) is 0 Å². The Labute approximate surface area is 140 Å². The Balaban J connectivity index is 2.16. The summed E-state index contributed by atoms with van der Waals surface area (Å²) in [4.78, 5) is 18.1. The molecule has 0 aliphatic carbocycles. The molecule has 2 aromatic rings. The number of nitrogens with one attached hydrogen (secondary N) is 1. The van der Waals surface area contributed by atoms with Crippen molar-refractivity contribution in [2.45, 2.75) is 38.0 Å². The highest BCUT2D eigenvalue weighted by Crippen LogP contribution is 2.25. The lowest BCUT2D eigenvalue weighted by atomic mass is 10.2. The van der Waals surface area contributed by atoms with Crippen LogP contribution in [0.3, 0.4) is 0 Å². The molecule has 0 aliphatic heterocycles. The van der Waals surface area contributed by atoms with Gasteiger partial charge in [-0.05, 0) is 37.1 Å². The number of rotatable bonds is 6. The number of aryl methyl sites for hydroxylation is 2. The van der Waals surface area contributed by atoms with Gasteiger partial charge in [-0.1, -0.05) is 20.3 Å². The molecule has 7 heteroatoms. The smallest absolute Gasteiger partial charge is 0.257 e. The van der Waals surface area contributed by atoms with E-state index in [9.17, 15) is 13.2 Å². The van der Waals surface area contributed by atoms with Crippen molar-refractivity contribution in [1.29, 1.82) is 0 Å². The van der Waals surface area contributed by atoms with E-state index in [-0.39, 0.29) is 10.8 Å². The van der Waals surface area contributed by atoms with E-state index in [2.05, 4.69) is 24.1 Å². The van der Waals surface area contributed by atoms with E-state index >= 15 is 0 Å². The second kappa shape index (κ2) is 7.23. The Hall–Kier alpha value is -1.73. The minimum Gasteiger partial charge on any atom is -0.298 e. The van der Waals surface area contributed by atoms with Crippen LogP contribution in [0.5, 0.6) is 0 Å².